The lowest BCUT2D eigenvalue weighted by Gasteiger charge is -2.20. The lowest BCUT2D eigenvalue weighted by atomic mass is 9.87. The molecule has 2 rings (SSSR count). The van der Waals surface area contributed by atoms with Gasteiger partial charge in [-0.05, 0) is 44.2 Å². The Balaban J connectivity index is 2.08. The zero-order valence-corrected chi connectivity index (χ0v) is 7.24. The van der Waals surface area contributed by atoms with Crippen molar-refractivity contribution in [1.82, 2.24) is 4.98 Å². The SMILES string of the molecule is [CH]1CCC(c2ccccn2)CC1. The molecule has 1 fully saturated rings. The molecule has 0 aromatic carbocycles. The van der Waals surface area contributed by atoms with Gasteiger partial charge in [0.25, 0.3) is 0 Å². The highest BCUT2D eigenvalue weighted by molar-refractivity contribution is 5.10. The molecule has 0 spiro atoms. The number of aromatic nitrogens is 1. The Morgan fingerprint density at radius 2 is 2.00 bits per heavy atom. The predicted molar refractivity (Wildman–Crippen MR) is 49.7 cm³/mol. The van der Waals surface area contributed by atoms with Crippen molar-refractivity contribution in [2.75, 3.05) is 0 Å². The molecule has 1 nitrogen and oxygen atoms in total. The summed E-state index contributed by atoms with van der Waals surface area (Å²) in [6.45, 7) is 0. The molecule has 0 amide bonds. The fourth-order valence-corrected chi connectivity index (χ4v) is 1.84. The third-order valence-electron chi connectivity index (χ3n) is 2.54. The van der Waals surface area contributed by atoms with Crippen LogP contribution in [-0.2, 0) is 0 Å². The van der Waals surface area contributed by atoms with E-state index in [9.17, 15) is 0 Å². The first-order valence-corrected chi connectivity index (χ1v) is 4.69. The van der Waals surface area contributed by atoms with Gasteiger partial charge in [0.05, 0.1) is 0 Å². The summed E-state index contributed by atoms with van der Waals surface area (Å²) >= 11 is 0. The highest BCUT2D eigenvalue weighted by Gasteiger charge is 2.15. The van der Waals surface area contributed by atoms with Gasteiger partial charge in [0.15, 0.2) is 0 Å². The van der Waals surface area contributed by atoms with Gasteiger partial charge in [0.1, 0.15) is 0 Å². The maximum atomic E-state index is 4.39. The zero-order valence-electron chi connectivity index (χ0n) is 7.24. The molecule has 0 N–H and O–H groups in total. The summed E-state index contributed by atoms with van der Waals surface area (Å²) in [5.74, 6) is 0.719. The van der Waals surface area contributed by atoms with E-state index in [0.717, 1.165) is 5.92 Å². The highest BCUT2D eigenvalue weighted by Crippen LogP contribution is 2.30. The van der Waals surface area contributed by atoms with Crippen LogP contribution in [0.3, 0.4) is 0 Å². The molecule has 0 aliphatic heterocycles. The molecule has 1 aromatic rings. The van der Waals surface area contributed by atoms with Crippen LogP contribution in [0.1, 0.15) is 37.3 Å². The number of hydrogen-bond acceptors (Lipinski definition) is 1. The Morgan fingerprint density at radius 3 is 2.67 bits per heavy atom. The van der Waals surface area contributed by atoms with Gasteiger partial charge in [-0.25, -0.2) is 0 Å². The maximum Gasteiger partial charge on any atom is 0.0434 e. The van der Waals surface area contributed by atoms with E-state index in [2.05, 4.69) is 23.5 Å². The van der Waals surface area contributed by atoms with E-state index in [4.69, 9.17) is 0 Å². The Bertz CT molecular complexity index is 224. The van der Waals surface area contributed by atoms with E-state index in [1.807, 2.05) is 12.3 Å². The van der Waals surface area contributed by atoms with Crippen LogP contribution < -0.4 is 0 Å². The minimum absolute atomic E-state index is 0.719. The van der Waals surface area contributed by atoms with Gasteiger partial charge in [-0.15, -0.1) is 0 Å². The molecule has 63 valence electrons. The molecular formula is C11H14N. The van der Waals surface area contributed by atoms with E-state index in [-0.39, 0.29) is 0 Å². The van der Waals surface area contributed by atoms with Crippen LogP contribution in [0.15, 0.2) is 24.4 Å². The molecule has 1 radical (unpaired) electrons. The second-order valence-corrected chi connectivity index (χ2v) is 3.39. The van der Waals surface area contributed by atoms with Crippen LogP contribution in [-0.4, -0.2) is 4.98 Å². The zero-order chi connectivity index (χ0) is 8.23. The molecule has 1 aliphatic carbocycles. The maximum absolute atomic E-state index is 4.39. The van der Waals surface area contributed by atoms with Gasteiger partial charge < -0.3 is 0 Å². The number of nitrogens with zero attached hydrogens (tertiary/aromatic N) is 1. The van der Waals surface area contributed by atoms with Crippen LogP contribution in [0.5, 0.6) is 0 Å². The van der Waals surface area contributed by atoms with E-state index in [0.29, 0.717) is 0 Å². The van der Waals surface area contributed by atoms with Gasteiger partial charge in [0, 0.05) is 17.8 Å². The average molecular weight is 160 g/mol. The first-order valence-electron chi connectivity index (χ1n) is 4.69. The van der Waals surface area contributed by atoms with E-state index in [1.54, 1.807) is 0 Å². The van der Waals surface area contributed by atoms with Crippen molar-refractivity contribution in [1.29, 1.82) is 0 Å². The lowest BCUT2D eigenvalue weighted by molar-refractivity contribution is 0.502. The fourth-order valence-electron chi connectivity index (χ4n) is 1.84. The number of hydrogen-bond donors (Lipinski definition) is 0. The van der Waals surface area contributed by atoms with Crippen molar-refractivity contribution in [3.8, 4) is 0 Å². The van der Waals surface area contributed by atoms with Gasteiger partial charge in [-0.1, -0.05) is 6.07 Å². The van der Waals surface area contributed by atoms with Gasteiger partial charge in [-0.2, -0.15) is 0 Å². The monoisotopic (exact) mass is 160 g/mol. The number of rotatable bonds is 1. The summed E-state index contributed by atoms with van der Waals surface area (Å²) in [5.41, 5.74) is 1.28. The van der Waals surface area contributed by atoms with Crippen molar-refractivity contribution in [2.24, 2.45) is 0 Å². The first kappa shape index (κ1) is 7.78. The van der Waals surface area contributed by atoms with Crippen molar-refractivity contribution in [2.45, 2.75) is 31.6 Å². The standard InChI is InChI=1S/C11H14N/c1-2-6-10(7-3-1)11-8-4-5-9-12-11/h1,4-5,8-10H,2-3,6-7H2. The summed E-state index contributed by atoms with van der Waals surface area (Å²) in [5, 5.41) is 0. The molecule has 0 atom stereocenters. The van der Waals surface area contributed by atoms with Crippen LogP contribution >= 0.6 is 0 Å². The fraction of sp³-hybridized carbons (Fsp3) is 0.455. The Hall–Kier alpha value is -0.850. The summed E-state index contributed by atoms with van der Waals surface area (Å²) in [7, 11) is 0. The average Bonchev–Trinajstić information content (AvgIpc) is 2.21. The second kappa shape index (κ2) is 3.70. The van der Waals surface area contributed by atoms with Crippen molar-refractivity contribution in [3.63, 3.8) is 0 Å². The summed E-state index contributed by atoms with van der Waals surface area (Å²) in [6, 6.07) is 6.22. The van der Waals surface area contributed by atoms with E-state index in [1.165, 1.54) is 31.4 Å². The summed E-state index contributed by atoms with van der Waals surface area (Å²) in [6.07, 6.45) is 9.39. The first-order chi connectivity index (χ1) is 5.97. The topological polar surface area (TPSA) is 12.9 Å². The molecule has 1 saturated carbocycles. The molecular weight excluding hydrogens is 146 g/mol. The van der Waals surface area contributed by atoms with Crippen LogP contribution in [0.25, 0.3) is 0 Å². The lowest BCUT2D eigenvalue weighted by Crippen LogP contribution is -2.06. The molecule has 12 heavy (non-hydrogen) atoms. The Morgan fingerprint density at radius 1 is 1.17 bits per heavy atom. The molecule has 0 unspecified atom stereocenters. The predicted octanol–water partition coefficient (Wildman–Crippen LogP) is 2.94. The minimum atomic E-state index is 0.719. The molecule has 0 saturated heterocycles. The van der Waals surface area contributed by atoms with Gasteiger partial charge >= 0.3 is 0 Å². The number of pyridine rings is 1. The van der Waals surface area contributed by atoms with Crippen LogP contribution in [0.2, 0.25) is 0 Å². The largest absolute Gasteiger partial charge is 0.261 e. The molecule has 1 aliphatic rings. The smallest absolute Gasteiger partial charge is 0.0434 e. The molecule has 1 heteroatoms. The van der Waals surface area contributed by atoms with E-state index >= 15 is 0 Å². The van der Waals surface area contributed by atoms with Gasteiger partial charge in [-0.3, -0.25) is 4.98 Å². The van der Waals surface area contributed by atoms with Crippen molar-refractivity contribution >= 4 is 0 Å². The normalized spacial score (nSPS) is 19.3. The second-order valence-electron chi connectivity index (χ2n) is 3.39. The van der Waals surface area contributed by atoms with Gasteiger partial charge in [0.2, 0.25) is 0 Å². The Labute approximate surface area is 73.8 Å². The van der Waals surface area contributed by atoms with Crippen LogP contribution in [0.4, 0.5) is 0 Å². The molecule has 1 heterocycles. The highest BCUT2D eigenvalue weighted by atomic mass is 14.7. The minimum Gasteiger partial charge on any atom is -0.261 e. The quantitative estimate of drug-likeness (QED) is 0.615. The van der Waals surface area contributed by atoms with Crippen molar-refractivity contribution in [3.05, 3.63) is 36.5 Å². The van der Waals surface area contributed by atoms with Crippen molar-refractivity contribution < 1.29 is 0 Å². The Kier molecular flexibility index (Phi) is 2.40. The summed E-state index contributed by atoms with van der Waals surface area (Å²) < 4.78 is 0. The third-order valence-corrected chi connectivity index (χ3v) is 2.54. The van der Waals surface area contributed by atoms with E-state index < -0.39 is 0 Å². The molecule has 1 aromatic heterocycles. The molecule has 0 bridgehead atoms. The third kappa shape index (κ3) is 1.66. The summed E-state index contributed by atoms with van der Waals surface area (Å²) in [4.78, 5) is 4.39. The van der Waals surface area contributed by atoms with Crippen LogP contribution in [0, 0.1) is 6.42 Å².